The first-order chi connectivity index (χ1) is 10.1. The molecule has 6 heteroatoms. The number of hydrogen-bond acceptors (Lipinski definition) is 3. The van der Waals surface area contributed by atoms with E-state index in [-0.39, 0.29) is 24.8 Å². The predicted octanol–water partition coefficient (Wildman–Crippen LogP) is 0.809. The standard InChI is InChI=1S/C15H20FN3O2/c1-18(12-5-3-2-4-6-12)14(20)11-13-15(21)19(9-7-16)10-8-17-13/h2-6,13,17H,7-11H2,1H3. The normalized spacial score (nSPS) is 18.7. The molecule has 5 nitrogen and oxygen atoms in total. The molecule has 0 radical (unpaired) electrons. The van der Waals surface area contributed by atoms with Crippen LogP contribution < -0.4 is 10.2 Å². The fourth-order valence-corrected chi connectivity index (χ4v) is 2.38. The number of nitrogens with one attached hydrogen (secondary N) is 1. The van der Waals surface area contributed by atoms with Gasteiger partial charge >= 0.3 is 0 Å². The highest BCUT2D eigenvalue weighted by atomic mass is 19.1. The van der Waals surface area contributed by atoms with Crippen molar-refractivity contribution in [2.45, 2.75) is 12.5 Å². The van der Waals surface area contributed by atoms with Gasteiger partial charge in [0.15, 0.2) is 0 Å². The van der Waals surface area contributed by atoms with Crippen LogP contribution in [0.4, 0.5) is 10.1 Å². The summed E-state index contributed by atoms with van der Waals surface area (Å²) >= 11 is 0. The van der Waals surface area contributed by atoms with Crippen molar-refractivity contribution in [3.63, 3.8) is 0 Å². The van der Waals surface area contributed by atoms with Crippen molar-refractivity contribution < 1.29 is 14.0 Å². The van der Waals surface area contributed by atoms with Crippen LogP contribution in [0.15, 0.2) is 30.3 Å². The second kappa shape index (κ2) is 7.17. The van der Waals surface area contributed by atoms with Gasteiger partial charge in [-0.15, -0.1) is 0 Å². The van der Waals surface area contributed by atoms with Gasteiger partial charge in [-0.25, -0.2) is 4.39 Å². The second-order valence-electron chi connectivity index (χ2n) is 5.01. The minimum Gasteiger partial charge on any atom is -0.337 e. The van der Waals surface area contributed by atoms with Gasteiger partial charge < -0.3 is 15.1 Å². The lowest BCUT2D eigenvalue weighted by Gasteiger charge is -2.33. The van der Waals surface area contributed by atoms with E-state index in [9.17, 15) is 14.0 Å². The van der Waals surface area contributed by atoms with Crippen molar-refractivity contribution in [2.24, 2.45) is 0 Å². The molecule has 1 atom stereocenters. The van der Waals surface area contributed by atoms with Gasteiger partial charge in [-0.05, 0) is 12.1 Å². The fraction of sp³-hybridized carbons (Fsp3) is 0.467. The summed E-state index contributed by atoms with van der Waals surface area (Å²) in [5.74, 6) is -0.345. The van der Waals surface area contributed by atoms with Crippen molar-refractivity contribution in [3.05, 3.63) is 30.3 Å². The molecule has 2 amide bonds. The lowest BCUT2D eigenvalue weighted by molar-refractivity contribution is -0.138. The highest BCUT2D eigenvalue weighted by Gasteiger charge is 2.30. The number of anilines is 1. The largest absolute Gasteiger partial charge is 0.337 e. The Balaban J connectivity index is 1.97. The van der Waals surface area contributed by atoms with E-state index < -0.39 is 12.7 Å². The van der Waals surface area contributed by atoms with Crippen LogP contribution in [-0.2, 0) is 9.59 Å². The average molecular weight is 293 g/mol. The van der Waals surface area contributed by atoms with Gasteiger partial charge in [-0.3, -0.25) is 9.59 Å². The minimum absolute atomic E-state index is 0.0764. The topological polar surface area (TPSA) is 52.7 Å². The summed E-state index contributed by atoms with van der Waals surface area (Å²) in [6, 6.07) is 8.69. The van der Waals surface area contributed by atoms with Gasteiger partial charge in [0.25, 0.3) is 0 Å². The van der Waals surface area contributed by atoms with Gasteiger partial charge in [0, 0.05) is 32.4 Å². The third kappa shape index (κ3) is 3.78. The number of carbonyl (C=O) groups is 2. The van der Waals surface area contributed by atoms with Crippen LogP contribution >= 0.6 is 0 Å². The number of nitrogens with zero attached hydrogens (tertiary/aromatic N) is 2. The number of hydrogen-bond donors (Lipinski definition) is 1. The molecule has 1 N–H and O–H groups in total. The average Bonchev–Trinajstić information content (AvgIpc) is 2.51. The SMILES string of the molecule is CN(C(=O)CC1NCCN(CCF)C1=O)c1ccccc1. The molecule has 1 saturated heterocycles. The summed E-state index contributed by atoms with van der Waals surface area (Å²) in [4.78, 5) is 27.4. The van der Waals surface area contributed by atoms with Crippen LogP contribution in [0.25, 0.3) is 0 Å². The monoisotopic (exact) mass is 293 g/mol. The van der Waals surface area contributed by atoms with Crippen molar-refractivity contribution in [3.8, 4) is 0 Å². The lowest BCUT2D eigenvalue weighted by atomic mass is 10.1. The lowest BCUT2D eigenvalue weighted by Crippen LogP contribution is -2.56. The van der Waals surface area contributed by atoms with Crippen molar-refractivity contribution >= 4 is 17.5 Å². The van der Waals surface area contributed by atoms with E-state index >= 15 is 0 Å². The highest BCUT2D eigenvalue weighted by Crippen LogP contribution is 2.14. The molecule has 1 fully saturated rings. The van der Waals surface area contributed by atoms with Crippen LogP contribution in [0.1, 0.15) is 6.42 Å². The first kappa shape index (κ1) is 15.4. The van der Waals surface area contributed by atoms with Gasteiger partial charge in [0.1, 0.15) is 6.67 Å². The summed E-state index contributed by atoms with van der Waals surface area (Å²) in [7, 11) is 1.68. The molecule has 1 unspecified atom stereocenters. The second-order valence-corrected chi connectivity index (χ2v) is 5.01. The molecule has 1 aliphatic rings. The molecule has 1 aliphatic heterocycles. The number of rotatable bonds is 5. The Morgan fingerprint density at radius 2 is 2.14 bits per heavy atom. The van der Waals surface area contributed by atoms with Gasteiger partial charge in [0.05, 0.1) is 12.5 Å². The molecule has 1 heterocycles. The molecule has 1 aromatic rings. The van der Waals surface area contributed by atoms with E-state index in [4.69, 9.17) is 0 Å². The molecule has 0 spiro atoms. The molecule has 114 valence electrons. The molecular formula is C15H20FN3O2. The molecule has 0 bridgehead atoms. The Labute approximate surface area is 123 Å². The van der Waals surface area contributed by atoms with Gasteiger partial charge in [0.2, 0.25) is 11.8 Å². The third-order valence-electron chi connectivity index (χ3n) is 3.63. The Morgan fingerprint density at radius 1 is 1.43 bits per heavy atom. The molecule has 0 aliphatic carbocycles. The number of piperazine rings is 1. The summed E-state index contributed by atoms with van der Waals surface area (Å²) < 4.78 is 12.4. The number of amides is 2. The van der Waals surface area contributed by atoms with Crippen LogP contribution in [0.5, 0.6) is 0 Å². The Kier molecular flexibility index (Phi) is 5.27. The van der Waals surface area contributed by atoms with Crippen molar-refractivity contribution in [1.82, 2.24) is 10.2 Å². The molecule has 1 aromatic carbocycles. The molecule has 21 heavy (non-hydrogen) atoms. The Hall–Kier alpha value is -1.95. The summed E-state index contributed by atoms with van der Waals surface area (Å²) in [6.45, 7) is 0.608. The smallest absolute Gasteiger partial charge is 0.240 e. The first-order valence-electron chi connectivity index (χ1n) is 7.03. The Bertz CT molecular complexity index is 493. The van der Waals surface area contributed by atoms with Crippen LogP contribution in [-0.4, -0.2) is 56.1 Å². The minimum atomic E-state index is -0.566. The summed E-state index contributed by atoms with van der Waals surface area (Å²) in [5, 5.41) is 3.03. The van der Waals surface area contributed by atoms with E-state index in [0.29, 0.717) is 13.1 Å². The molecule has 2 rings (SSSR count). The molecule has 0 aromatic heterocycles. The van der Waals surface area contributed by atoms with E-state index in [1.54, 1.807) is 7.05 Å². The van der Waals surface area contributed by atoms with E-state index in [1.165, 1.54) is 9.80 Å². The Morgan fingerprint density at radius 3 is 2.81 bits per heavy atom. The van der Waals surface area contributed by atoms with E-state index in [0.717, 1.165) is 5.69 Å². The number of benzene rings is 1. The molecular weight excluding hydrogens is 273 g/mol. The fourth-order valence-electron chi connectivity index (χ4n) is 2.38. The quantitative estimate of drug-likeness (QED) is 0.874. The summed E-state index contributed by atoms with van der Waals surface area (Å²) in [6.07, 6.45) is 0.0764. The van der Waals surface area contributed by atoms with Crippen molar-refractivity contribution in [2.75, 3.05) is 38.3 Å². The maximum absolute atomic E-state index is 12.4. The predicted molar refractivity (Wildman–Crippen MR) is 78.8 cm³/mol. The zero-order valence-electron chi connectivity index (χ0n) is 12.1. The maximum atomic E-state index is 12.4. The van der Waals surface area contributed by atoms with E-state index in [1.807, 2.05) is 30.3 Å². The van der Waals surface area contributed by atoms with Gasteiger partial charge in [-0.1, -0.05) is 18.2 Å². The third-order valence-corrected chi connectivity index (χ3v) is 3.63. The van der Waals surface area contributed by atoms with Crippen LogP contribution in [0.3, 0.4) is 0 Å². The number of carbonyl (C=O) groups excluding carboxylic acids is 2. The zero-order valence-corrected chi connectivity index (χ0v) is 12.1. The van der Waals surface area contributed by atoms with E-state index in [2.05, 4.69) is 5.32 Å². The zero-order chi connectivity index (χ0) is 15.2. The number of alkyl halides is 1. The van der Waals surface area contributed by atoms with Gasteiger partial charge in [-0.2, -0.15) is 0 Å². The number of para-hydroxylation sites is 1. The van der Waals surface area contributed by atoms with Crippen molar-refractivity contribution in [1.29, 1.82) is 0 Å². The summed E-state index contributed by atoms with van der Waals surface area (Å²) in [5.41, 5.74) is 0.784. The maximum Gasteiger partial charge on any atom is 0.240 e. The first-order valence-corrected chi connectivity index (χ1v) is 7.03. The highest BCUT2D eigenvalue weighted by molar-refractivity contribution is 5.97. The van der Waals surface area contributed by atoms with Crippen LogP contribution in [0.2, 0.25) is 0 Å². The van der Waals surface area contributed by atoms with Crippen LogP contribution in [0, 0.1) is 0 Å². The number of halogens is 1. The molecule has 0 saturated carbocycles.